The van der Waals surface area contributed by atoms with Gasteiger partial charge in [-0.05, 0) is 48.2 Å². The van der Waals surface area contributed by atoms with Gasteiger partial charge < -0.3 is 9.74 Å². The maximum atomic E-state index is 13.1. The van der Waals surface area contributed by atoms with Gasteiger partial charge in [-0.25, -0.2) is 8.78 Å². The number of amides is 1. The topological polar surface area (TPSA) is 41.9 Å². The molecule has 4 nitrogen and oxygen atoms in total. The lowest BCUT2D eigenvalue weighted by molar-refractivity contribution is -0.135. The zero-order valence-electron chi connectivity index (χ0n) is 14.8. The Morgan fingerprint density at radius 1 is 1.04 bits per heavy atom. The van der Waals surface area contributed by atoms with E-state index in [0.29, 0.717) is 19.5 Å². The number of benzene rings is 2. The van der Waals surface area contributed by atoms with Crippen LogP contribution in [-0.2, 0) is 16.2 Å². The van der Waals surface area contributed by atoms with Crippen LogP contribution in [0, 0.1) is 17.6 Å². The van der Waals surface area contributed by atoms with Crippen molar-refractivity contribution in [3.8, 4) is 0 Å². The second kappa shape index (κ2) is 7.47. The van der Waals surface area contributed by atoms with Crippen molar-refractivity contribution < 1.29 is 18.4 Å². The fourth-order valence-corrected chi connectivity index (χ4v) is 3.22. The average Bonchev–Trinajstić information content (AvgIpc) is 3.42. The fraction of sp³-hybridized carbons (Fsp3) is 0.333. The summed E-state index contributed by atoms with van der Waals surface area (Å²) in [5.41, 5.74) is 2.45. The van der Waals surface area contributed by atoms with E-state index in [4.69, 9.17) is 4.84 Å². The van der Waals surface area contributed by atoms with Gasteiger partial charge in [-0.3, -0.25) is 4.79 Å². The molecule has 0 bridgehead atoms. The van der Waals surface area contributed by atoms with E-state index in [1.54, 1.807) is 29.2 Å². The van der Waals surface area contributed by atoms with Crippen molar-refractivity contribution in [2.24, 2.45) is 11.1 Å². The maximum absolute atomic E-state index is 13.1. The van der Waals surface area contributed by atoms with Crippen LogP contribution in [0.15, 0.2) is 53.7 Å². The van der Waals surface area contributed by atoms with E-state index < -0.39 is 0 Å². The third kappa shape index (κ3) is 4.32. The average molecular weight is 370 g/mol. The number of halogens is 2. The third-order valence-corrected chi connectivity index (χ3v) is 4.86. The van der Waals surface area contributed by atoms with Gasteiger partial charge in [0.15, 0.2) is 6.10 Å². The molecule has 6 heteroatoms. The van der Waals surface area contributed by atoms with Crippen LogP contribution in [0.4, 0.5) is 8.78 Å². The van der Waals surface area contributed by atoms with E-state index in [1.807, 2.05) is 0 Å². The molecule has 1 heterocycles. The molecule has 0 aromatic heterocycles. The highest BCUT2D eigenvalue weighted by Gasteiger charge is 2.35. The van der Waals surface area contributed by atoms with E-state index >= 15 is 0 Å². The van der Waals surface area contributed by atoms with Crippen LogP contribution in [0.1, 0.15) is 30.4 Å². The zero-order chi connectivity index (χ0) is 18.8. The number of carbonyl (C=O) groups is 1. The molecule has 2 aromatic carbocycles. The Morgan fingerprint density at radius 2 is 1.67 bits per heavy atom. The number of nitrogens with zero attached hydrogens (tertiary/aromatic N) is 2. The molecule has 0 spiro atoms. The smallest absolute Gasteiger partial charge is 0.226 e. The molecule has 4 rings (SSSR count). The Labute approximate surface area is 156 Å². The minimum Gasteiger partial charge on any atom is -0.390 e. The molecule has 1 fully saturated rings. The molecule has 1 amide bonds. The van der Waals surface area contributed by atoms with Gasteiger partial charge in [0, 0.05) is 18.9 Å². The third-order valence-electron chi connectivity index (χ3n) is 4.86. The molecule has 0 saturated heterocycles. The monoisotopic (exact) mass is 370 g/mol. The molecule has 1 saturated carbocycles. The fourth-order valence-electron chi connectivity index (χ4n) is 3.22. The van der Waals surface area contributed by atoms with Crippen LogP contribution in [0.5, 0.6) is 0 Å². The van der Waals surface area contributed by atoms with E-state index in [1.165, 1.54) is 24.3 Å². The second-order valence-corrected chi connectivity index (χ2v) is 7.10. The van der Waals surface area contributed by atoms with Gasteiger partial charge in [0.25, 0.3) is 0 Å². The van der Waals surface area contributed by atoms with Crippen molar-refractivity contribution in [1.82, 2.24) is 4.90 Å². The SMILES string of the molecule is O=C(C1CC1)N(Cc1ccc(F)cc1)C[C@@H]1CC(c2ccc(F)cc2)=NO1. The van der Waals surface area contributed by atoms with Crippen LogP contribution in [0.2, 0.25) is 0 Å². The zero-order valence-corrected chi connectivity index (χ0v) is 14.8. The predicted octanol–water partition coefficient (Wildman–Crippen LogP) is 3.90. The van der Waals surface area contributed by atoms with Crippen LogP contribution in [-0.4, -0.2) is 29.2 Å². The lowest BCUT2D eigenvalue weighted by Gasteiger charge is -2.25. The number of carbonyl (C=O) groups excluding carboxylic acids is 1. The van der Waals surface area contributed by atoms with Gasteiger partial charge in [-0.2, -0.15) is 0 Å². The molecule has 1 atom stereocenters. The molecule has 27 heavy (non-hydrogen) atoms. The summed E-state index contributed by atoms with van der Waals surface area (Å²) in [5.74, 6) is -0.395. The van der Waals surface area contributed by atoms with Gasteiger partial charge in [-0.15, -0.1) is 0 Å². The van der Waals surface area contributed by atoms with E-state index in [0.717, 1.165) is 29.7 Å². The molecule has 1 aliphatic heterocycles. The van der Waals surface area contributed by atoms with E-state index in [2.05, 4.69) is 5.16 Å². The summed E-state index contributed by atoms with van der Waals surface area (Å²) in [5, 5.41) is 4.12. The Kier molecular flexibility index (Phi) is 4.88. The minimum absolute atomic E-state index is 0.0874. The lowest BCUT2D eigenvalue weighted by Crippen LogP contribution is -2.38. The summed E-state index contributed by atoms with van der Waals surface area (Å²) in [6.45, 7) is 0.836. The molecule has 1 aliphatic carbocycles. The first kappa shape index (κ1) is 17.6. The summed E-state index contributed by atoms with van der Waals surface area (Å²) < 4.78 is 26.2. The second-order valence-electron chi connectivity index (χ2n) is 7.10. The van der Waals surface area contributed by atoms with Gasteiger partial charge >= 0.3 is 0 Å². The lowest BCUT2D eigenvalue weighted by atomic mass is 10.0. The van der Waals surface area contributed by atoms with Crippen molar-refractivity contribution >= 4 is 11.6 Å². The highest BCUT2D eigenvalue weighted by Crippen LogP contribution is 2.32. The standard InChI is InChI=1S/C21H20F2N2O2/c22-17-7-1-14(2-8-17)12-25(21(26)16-3-4-16)13-19-11-20(24-27-19)15-5-9-18(23)10-6-15/h1-2,5-10,16,19H,3-4,11-13H2/t19-/m0/s1. The molecular formula is C21H20F2N2O2. The summed E-state index contributed by atoms with van der Waals surface area (Å²) in [6, 6.07) is 12.3. The van der Waals surface area contributed by atoms with Crippen molar-refractivity contribution in [2.75, 3.05) is 6.54 Å². The quantitative estimate of drug-likeness (QED) is 0.774. The number of rotatable bonds is 6. The number of hydrogen-bond acceptors (Lipinski definition) is 3. The predicted molar refractivity (Wildman–Crippen MR) is 97.0 cm³/mol. The van der Waals surface area contributed by atoms with Crippen LogP contribution in [0.3, 0.4) is 0 Å². The number of hydrogen-bond donors (Lipinski definition) is 0. The first-order valence-corrected chi connectivity index (χ1v) is 9.10. The highest BCUT2D eigenvalue weighted by atomic mass is 19.1. The van der Waals surface area contributed by atoms with E-state index in [9.17, 15) is 13.6 Å². The first-order chi connectivity index (χ1) is 13.1. The van der Waals surface area contributed by atoms with Gasteiger partial charge in [0.1, 0.15) is 11.6 Å². The summed E-state index contributed by atoms with van der Waals surface area (Å²) >= 11 is 0. The largest absolute Gasteiger partial charge is 0.390 e. The van der Waals surface area contributed by atoms with Crippen molar-refractivity contribution in [1.29, 1.82) is 0 Å². The Morgan fingerprint density at radius 3 is 2.30 bits per heavy atom. The molecule has 2 aliphatic rings. The van der Waals surface area contributed by atoms with Crippen molar-refractivity contribution in [3.63, 3.8) is 0 Å². The molecule has 140 valence electrons. The van der Waals surface area contributed by atoms with Crippen LogP contribution >= 0.6 is 0 Å². The Bertz CT molecular complexity index is 845. The highest BCUT2D eigenvalue weighted by molar-refractivity contribution is 6.01. The summed E-state index contributed by atoms with van der Waals surface area (Å²) in [6.07, 6.45) is 2.15. The van der Waals surface area contributed by atoms with Crippen molar-refractivity contribution in [2.45, 2.75) is 31.9 Å². The van der Waals surface area contributed by atoms with Crippen LogP contribution < -0.4 is 0 Å². The summed E-state index contributed by atoms with van der Waals surface area (Å²) in [7, 11) is 0. The summed E-state index contributed by atoms with van der Waals surface area (Å²) in [4.78, 5) is 20.0. The minimum atomic E-state index is -0.296. The van der Waals surface area contributed by atoms with Gasteiger partial charge in [-0.1, -0.05) is 29.4 Å². The molecule has 0 radical (unpaired) electrons. The molecule has 2 aromatic rings. The molecule has 0 N–H and O–H groups in total. The Hall–Kier alpha value is -2.76. The van der Waals surface area contributed by atoms with Gasteiger partial charge in [0.2, 0.25) is 5.91 Å². The Balaban J connectivity index is 1.42. The number of oxime groups is 1. The normalized spacial score (nSPS) is 18.7. The van der Waals surface area contributed by atoms with Crippen molar-refractivity contribution in [3.05, 3.63) is 71.3 Å². The first-order valence-electron chi connectivity index (χ1n) is 9.10. The van der Waals surface area contributed by atoms with Crippen LogP contribution in [0.25, 0.3) is 0 Å². The van der Waals surface area contributed by atoms with Gasteiger partial charge in [0.05, 0.1) is 12.3 Å². The van der Waals surface area contributed by atoms with E-state index in [-0.39, 0.29) is 29.6 Å². The maximum Gasteiger partial charge on any atom is 0.226 e. The molecular weight excluding hydrogens is 350 g/mol. The molecule has 0 unspecified atom stereocenters.